The van der Waals surface area contributed by atoms with Crippen LogP contribution in [0.3, 0.4) is 0 Å². The van der Waals surface area contributed by atoms with E-state index in [0.29, 0.717) is 17.2 Å². The van der Waals surface area contributed by atoms with Gasteiger partial charge in [0, 0.05) is 42.5 Å². The highest BCUT2D eigenvalue weighted by Gasteiger charge is 2.27. The van der Waals surface area contributed by atoms with Gasteiger partial charge in [0.2, 0.25) is 5.91 Å². The fourth-order valence-corrected chi connectivity index (χ4v) is 3.16. The number of rotatable bonds is 1. The van der Waals surface area contributed by atoms with Crippen LogP contribution >= 0.6 is 0 Å². The van der Waals surface area contributed by atoms with Crippen molar-refractivity contribution in [1.82, 2.24) is 19.9 Å². The summed E-state index contributed by atoms with van der Waals surface area (Å²) in [5.74, 6) is 7.04. The van der Waals surface area contributed by atoms with Crippen molar-refractivity contribution >= 4 is 22.6 Å². The summed E-state index contributed by atoms with van der Waals surface area (Å²) in [6.45, 7) is 2.72. The van der Waals surface area contributed by atoms with Gasteiger partial charge in [-0.25, -0.2) is 15.0 Å². The third-order valence-electron chi connectivity index (χ3n) is 4.79. The first kappa shape index (κ1) is 17.0. The molecule has 3 aromatic rings. The van der Waals surface area contributed by atoms with Crippen LogP contribution in [0.4, 0.5) is 5.82 Å². The fourth-order valence-electron chi connectivity index (χ4n) is 3.16. The highest BCUT2D eigenvalue weighted by atomic mass is 16.2. The number of anilines is 1. The van der Waals surface area contributed by atoms with Crippen molar-refractivity contribution < 1.29 is 4.79 Å². The second kappa shape index (κ2) is 6.69. The van der Waals surface area contributed by atoms with Gasteiger partial charge in [0.1, 0.15) is 17.3 Å². The molecule has 1 fully saturated rings. The van der Waals surface area contributed by atoms with Gasteiger partial charge in [0.25, 0.3) is 0 Å². The second-order valence-corrected chi connectivity index (χ2v) is 6.73. The van der Waals surface area contributed by atoms with E-state index < -0.39 is 0 Å². The first-order valence-electron chi connectivity index (χ1n) is 8.77. The van der Waals surface area contributed by atoms with Crippen molar-refractivity contribution in [1.29, 1.82) is 0 Å². The molecule has 0 unspecified atom stereocenters. The molecule has 4 rings (SSSR count). The number of pyridine rings is 1. The molecular weight excluding hydrogens is 338 g/mol. The quantitative estimate of drug-likeness (QED) is 0.676. The molecular formula is C21H19N5O. The van der Waals surface area contributed by atoms with Crippen LogP contribution in [0, 0.1) is 24.7 Å². The van der Waals surface area contributed by atoms with Crippen LogP contribution in [-0.4, -0.2) is 39.4 Å². The molecule has 0 spiro atoms. The van der Waals surface area contributed by atoms with Crippen LogP contribution in [0.5, 0.6) is 0 Å². The number of carbonyl (C=O) groups excluding carboxylic acids is 1. The van der Waals surface area contributed by atoms with Crippen LogP contribution in [0.1, 0.15) is 17.5 Å². The number of benzene rings is 1. The molecule has 0 bridgehead atoms. The number of aromatic nitrogens is 3. The monoisotopic (exact) mass is 357 g/mol. The minimum atomic E-state index is -0.218. The summed E-state index contributed by atoms with van der Waals surface area (Å²) in [7, 11) is 1.81. The Hall–Kier alpha value is -3.46. The SMILES string of the molecule is Cc1cnc(N)c2nc(-c3cccc(C#C[C@@H]4CCN(C)C4=O)c3)ncc12. The van der Waals surface area contributed by atoms with Gasteiger partial charge in [-0.05, 0) is 31.0 Å². The van der Waals surface area contributed by atoms with Gasteiger partial charge in [-0.15, -0.1) is 0 Å². The van der Waals surface area contributed by atoms with Crippen molar-refractivity contribution in [2.45, 2.75) is 13.3 Å². The predicted molar refractivity (Wildman–Crippen MR) is 105 cm³/mol. The van der Waals surface area contributed by atoms with Gasteiger partial charge in [0.15, 0.2) is 5.82 Å². The number of carbonyl (C=O) groups is 1. The number of nitrogens with two attached hydrogens (primary N) is 1. The van der Waals surface area contributed by atoms with E-state index in [0.717, 1.165) is 35.0 Å². The lowest BCUT2D eigenvalue weighted by molar-refractivity contribution is -0.128. The maximum absolute atomic E-state index is 12.0. The average molecular weight is 357 g/mol. The molecule has 1 saturated heterocycles. The van der Waals surface area contributed by atoms with E-state index >= 15 is 0 Å². The third-order valence-corrected chi connectivity index (χ3v) is 4.79. The van der Waals surface area contributed by atoms with E-state index in [9.17, 15) is 4.79 Å². The highest BCUT2D eigenvalue weighted by Crippen LogP contribution is 2.24. The molecule has 6 heteroatoms. The summed E-state index contributed by atoms with van der Waals surface area (Å²) in [6, 6.07) is 7.69. The molecule has 1 aromatic carbocycles. The van der Waals surface area contributed by atoms with E-state index in [1.165, 1.54) is 0 Å². The highest BCUT2D eigenvalue weighted by molar-refractivity contribution is 5.90. The average Bonchev–Trinajstić information content (AvgIpc) is 3.01. The van der Waals surface area contributed by atoms with Gasteiger partial charge in [-0.2, -0.15) is 0 Å². The molecule has 2 N–H and O–H groups in total. The number of hydrogen-bond donors (Lipinski definition) is 1. The van der Waals surface area contributed by atoms with Crippen LogP contribution in [0.2, 0.25) is 0 Å². The normalized spacial score (nSPS) is 16.4. The molecule has 1 aliphatic rings. The standard InChI is InChI=1S/C21H19N5O/c1-13-11-23-19(22)18-17(13)12-24-20(25-18)16-5-3-4-14(10-16)6-7-15-8-9-26(2)21(15)27/h3-5,10-12,15H,8-9H2,1-2H3,(H2,22,23)/t15-/m1/s1. The number of fused-ring (bicyclic) bond motifs is 1. The largest absolute Gasteiger partial charge is 0.382 e. The first-order chi connectivity index (χ1) is 13.0. The number of amides is 1. The molecule has 0 radical (unpaired) electrons. The molecule has 134 valence electrons. The van der Waals surface area contributed by atoms with Gasteiger partial charge in [0.05, 0.1) is 0 Å². The van der Waals surface area contributed by atoms with Gasteiger partial charge >= 0.3 is 0 Å². The molecule has 3 heterocycles. The number of nitrogen functional groups attached to an aromatic ring is 1. The van der Waals surface area contributed by atoms with Crippen molar-refractivity contribution in [3.63, 3.8) is 0 Å². The predicted octanol–water partition coefficient (Wildman–Crippen LogP) is 2.41. The molecule has 0 saturated carbocycles. The Bertz CT molecular complexity index is 1110. The first-order valence-corrected chi connectivity index (χ1v) is 8.77. The van der Waals surface area contributed by atoms with Crippen molar-refractivity contribution in [2.24, 2.45) is 5.92 Å². The molecule has 6 nitrogen and oxygen atoms in total. The topological polar surface area (TPSA) is 85.0 Å². The van der Waals surface area contributed by atoms with Gasteiger partial charge < -0.3 is 10.6 Å². The number of hydrogen-bond acceptors (Lipinski definition) is 5. The van der Waals surface area contributed by atoms with Crippen LogP contribution < -0.4 is 5.73 Å². The van der Waals surface area contributed by atoms with E-state index in [1.54, 1.807) is 17.3 Å². The number of aryl methyl sites for hydroxylation is 1. The zero-order valence-electron chi connectivity index (χ0n) is 15.2. The van der Waals surface area contributed by atoms with Crippen molar-refractivity contribution in [3.05, 3.63) is 47.8 Å². The van der Waals surface area contributed by atoms with E-state index in [4.69, 9.17) is 5.73 Å². The van der Waals surface area contributed by atoms with Gasteiger partial charge in [-0.1, -0.05) is 24.0 Å². The molecule has 27 heavy (non-hydrogen) atoms. The summed E-state index contributed by atoms with van der Waals surface area (Å²) in [5, 5.41) is 0.895. The Morgan fingerprint density at radius 3 is 2.89 bits per heavy atom. The molecule has 1 atom stereocenters. The van der Waals surface area contributed by atoms with Crippen molar-refractivity contribution in [3.8, 4) is 23.2 Å². The van der Waals surface area contributed by atoms with Crippen LogP contribution in [0.15, 0.2) is 36.7 Å². The zero-order valence-corrected chi connectivity index (χ0v) is 15.2. The Labute approximate surface area is 157 Å². The summed E-state index contributed by atoms with van der Waals surface area (Å²) < 4.78 is 0. The Morgan fingerprint density at radius 1 is 1.26 bits per heavy atom. The lowest BCUT2D eigenvalue weighted by Crippen LogP contribution is -2.21. The molecule has 0 aliphatic carbocycles. The second-order valence-electron chi connectivity index (χ2n) is 6.73. The minimum absolute atomic E-state index is 0.0925. The maximum atomic E-state index is 12.0. The lowest BCUT2D eigenvalue weighted by Gasteiger charge is -2.06. The summed E-state index contributed by atoms with van der Waals surface area (Å²) >= 11 is 0. The minimum Gasteiger partial charge on any atom is -0.382 e. The Kier molecular flexibility index (Phi) is 4.21. The van der Waals surface area contributed by atoms with E-state index in [2.05, 4.69) is 26.8 Å². The van der Waals surface area contributed by atoms with E-state index in [-0.39, 0.29) is 11.8 Å². The number of nitrogens with zero attached hydrogens (tertiary/aromatic N) is 4. The smallest absolute Gasteiger partial charge is 0.237 e. The van der Waals surface area contributed by atoms with Gasteiger partial charge in [-0.3, -0.25) is 4.79 Å². The Balaban J connectivity index is 1.68. The summed E-state index contributed by atoms with van der Waals surface area (Å²) in [4.78, 5) is 27.0. The molecule has 1 aliphatic heterocycles. The van der Waals surface area contributed by atoms with Crippen LogP contribution in [-0.2, 0) is 4.79 Å². The third kappa shape index (κ3) is 3.20. The van der Waals surface area contributed by atoms with E-state index in [1.807, 2.05) is 38.2 Å². The summed E-state index contributed by atoms with van der Waals surface area (Å²) in [5.41, 5.74) is 9.29. The van der Waals surface area contributed by atoms with Crippen molar-refractivity contribution in [2.75, 3.05) is 19.3 Å². The fraction of sp³-hybridized carbons (Fsp3) is 0.238. The zero-order chi connectivity index (χ0) is 19.0. The maximum Gasteiger partial charge on any atom is 0.237 e. The molecule has 1 amide bonds. The lowest BCUT2D eigenvalue weighted by atomic mass is 10.1. The summed E-state index contributed by atoms with van der Waals surface area (Å²) in [6.07, 6.45) is 4.27. The molecule has 2 aromatic heterocycles. The number of likely N-dealkylation sites (tertiary alicyclic amines) is 1. The Morgan fingerprint density at radius 2 is 2.11 bits per heavy atom. The van der Waals surface area contributed by atoms with Crippen LogP contribution in [0.25, 0.3) is 22.3 Å².